The largest absolute Gasteiger partial charge is 0.354 e. The smallest absolute Gasteiger partial charge is 0.223 e. The van der Waals surface area contributed by atoms with Gasteiger partial charge in [-0.05, 0) is 51.1 Å². The molecule has 1 saturated carbocycles. The van der Waals surface area contributed by atoms with Gasteiger partial charge in [-0.25, -0.2) is 0 Å². The van der Waals surface area contributed by atoms with Gasteiger partial charge in [-0.15, -0.1) is 0 Å². The number of nitrogens with one attached hydrogen (secondary N) is 1. The molecule has 0 bridgehead atoms. The maximum atomic E-state index is 12.2. The van der Waals surface area contributed by atoms with Crippen molar-refractivity contribution >= 4 is 5.91 Å². The average molecular weight is 267 g/mol. The zero-order valence-electron chi connectivity index (χ0n) is 12.4. The Bertz CT molecular complexity index is 308. The molecule has 1 saturated heterocycles. The van der Waals surface area contributed by atoms with E-state index < -0.39 is 0 Å². The van der Waals surface area contributed by atoms with Gasteiger partial charge in [0, 0.05) is 24.5 Å². The molecule has 0 aromatic heterocycles. The molecule has 2 aliphatic rings. The summed E-state index contributed by atoms with van der Waals surface area (Å²) in [5, 5.41) is 3.16. The van der Waals surface area contributed by atoms with E-state index in [1.165, 1.54) is 19.4 Å². The standard InChI is InChI=1S/C15H29N3O/c1-3-18-8-4-5-13(18)10-17-15(19)12-7-6-11(2)14(16)9-12/h11-14H,3-10,16H2,1-2H3,(H,17,19). The number of hydrogen-bond donors (Lipinski definition) is 2. The van der Waals surface area contributed by atoms with Gasteiger partial charge in [-0.1, -0.05) is 13.8 Å². The fraction of sp³-hybridized carbons (Fsp3) is 0.933. The number of nitrogens with zero attached hydrogens (tertiary/aromatic N) is 1. The lowest BCUT2D eigenvalue weighted by molar-refractivity contribution is -0.126. The lowest BCUT2D eigenvalue weighted by Gasteiger charge is -2.31. The van der Waals surface area contributed by atoms with E-state index in [2.05, 4.69) is 24.1 Å². The summed E-state index contributed by atoms with van der Waals surface area (Å²) in [5.74, 6) is 0.933. The predicted molar refractivity (Wildman–Crippen MR) is 77.8 cm³/mol. The SMILES string of the molecule is CCN1CCCC1CNC(=O)C1CCC(C)C(N)C1. The average Bonchev–Trinajstić information content (AvgIpc) is 2.86. The van der Waals surface area contributed by atoms with Crippen LogP contribution in [0.25, 0.3) is 0 Å². The van der Waals surface area contributed by atoms with E-state index in [9.17, 15) is 4.79 Å². The summed E-state index contributed by atoms with van der Waals surface area (Å²) >= 11 is 0. The van der Waals surface area contributed by atoms with Crippen molar-refractivity contribution in [2.24, 2.45) is 17.6 Å². The first-order valence-electron chi connectivity index (χ1n) is 7.89. The van der Waals surface area contributed by atoms with Crippen molar-refractivity contribution in [3.05, 3.63) is 0 Å². The monoisotopic (exact) mass is 267 g/mol. The summed E-state index contributed by atoms with van der Waals surface area (Å²) in [4.78, 5) is 14.7. The van der Waals surface area contributed by atoms with E-state index in [-0.39, 0.29) is 17.9 Å². The van der Waals surface area contributed by atoms with Gasteiger partial charge in [0.2, 0.25) is 5.91 Å². The fourth-order valence-corrected chi connectivity index (χ4v) is 3.50. The molecule has 4 nitrogen and oxygen atoms in total. The van der Waals surface area contributed by atoms with Crippen LogP contribution in [0.4, 0.5) is 0 Å². The van der Waals surface area contributed by atoms with E-state index in [1.54, 1.807) is 0 Å². The summed E-state index contributed by atoms with van der Waals surface area (Å²) in [7, 11) is 0. The summed E-state index contributed by atoms with van der Waals surface area (Å²) in [5.41, 5.74) is 6.08. The molecule has 110 valence electrons. The van der Waals surface area contributed by atoms with Crippen molar-refractivity contribution in [3.8, 4) is 0 Å². The van der Waals surface area contributed by atoms with Crippen molar-refractivity contribution < 1.29 is 4.79 Å². The molecule has 0 aromatic rings. The summed E-state index contributed by atoms with van der Waals surface area (Å²) in [6.07, 6.45) is 5.43. The molecule has 2 fully saturated rings. The first-order valence-corrected chi connectivity index (χ1v) is 7.89. The van der Waals surface area contributed by atoms with Crippen LogP contribution in [0.1, 0.15) is 46.0 Å². The van der Waals surface area contributed by atoms with Crippen molar-refractivity contribution in [1.82, 2.24) is 10.2 Å². The zero-order valence-corrected chi connectivity index (χ0v) is 12.4. The number of hydrogen-bond acceptors (Lipinski definition) is 3. The van der Waals surface area contributed by atoms with Crippen LogP contribution in [-0.4, -0.2) is 42.5 Å². The van der Waals surface area contributed by atoms with Gasteiger partial charge in [0.25, 0.3) is 0 Å². The third-order valence-electron chi connectivity index (χ3n) is 5.05. The summed E-state index contributed by atoms with van der Waals surface area (Å²) in [6, 6.07) is 0.744. The number of likely N-dealkylation sites (N-methyl/N-ethyl adjacent to an activating group) is 1. The van der Waals surface area contributed by atoms with Gasteiger partial charge >= 0.3 is 0 Å². The zero-order chi connectivity index (χ0) is 13.8. The third kappa shape index (κ3) is 3.69. The van der Waals surface area contributed by atoms with E-state index in [0.29, 0.717) is 12.0 Å². The minimum Gasteiger partial charge on any atom is -0.354 e. The molecule has 1 amide bonds. The first kappa shape index (κ1) is 14.8. The highest BCUT2D eigenvalue weighted by Gasteiger charge is 2.30. The van der Waals surface area contributed by atoms with E-state index >= 15 is 0 Å². The molecule has 0 radical (unpaired) electrons. The number of rotatable bonds is 4. The second-order valence-electron chi connectivity index (χ2n) is 6.32. The first-order chi connectivity index (χ1) is 9.11. The van der Waals surface area contributed by atoms with Crippen LogP contribution in [0, 0.1) is 11.8 Å². The van der Waals surface area contributed by atoms with Crippen LogP contribution in [0.2, 0.25) is 0 Å². The highest BCUT2D eigenvalue weighted by atomic mass is 16.1. The highest BCUT2D eigenvalue weighted by Crippen LogP contribution is 2.27. The summed E-state index contributed by atoms with van der Waals surface area (Å²) < 4.78 is 0. The van der Waals surface area contributed by atoms with E-state index in [0.717, 1.165) is 32.4 Å². The molecule has 4 unspecified atom stereocenters. The molecule has 1 heterocycles. The van der Waals surface area contributed by atoms with E-state index in [1.807, 2.05) is 0 Å². The number of carbonyl (C=O) groups is 1. The van der Waals surface area contributed by atoms with Gasteiger partial charge in [-0.3, -0.25) is 9.69 Å². The van der Waals surface area contributed by atoms with Gasteiger partial charge in [0.15, 0.2) is 0 Å². The predicted octanol–water partition coefficient (Wildman–Crippen LogP) is 1.35. The van der Waals surface area contributed by atoms with Crippen LogP contribution < -0.4 is 11.1 Å². The number of likely N-dealkylation sites (tertiary alicyclic amines) is 1. The Morgan fingerprint density at radius 2 is 2.16 bits per heavy atom. The second-order valence-corrected chi connectivity index (χ2v) is 6.32. The Labute approximate surface area is 117 Å². The van der Waals surface area contributed by atoms with Crippen LogP contribution >= 0.6 is 0 Å². The molecule has 1 aliphatic heterocycles. The molecule has 0 spiro atoms. The van der Waals surface area contributed by atoms with Crippen LogP contribution in [0.15, 0.2) is 0 Å². The Morgan fingerprint density at radius 1 is 1.37 bits per heavy atom. The Morgan fingerprint density at radius 3 is 2.84 bits per heavy atom. The Balaban J connectivity index is 1.75. The molecule has 19 heavy (non-hydrogen) atoms. The molecule has 3 N–H and O–H groups in total. The molecular weight excluding hydrogens is 238 g/mol. The van der Waals surface area contributed by atoms with Gasteiger partial charge < -0.3 is 11.1 Å². The molecule has 1 aliphatic carbocycles. The van der Waals surface area contributed by atoms with Crippen molar-refractivity contribution in [3.63, 3.8) is 0 Å². The van der Waals surface area contributed by atoms with Crippen molar-refractivity contribution in [2.75, 3.05) is 19.6 Å². The third-order valence-corrected chi connectivity index (χ3v) is 5.05. The Kier molecular flexibility index (Phi) is 5.22. The lowest BCUT2D eigenvalue weighted by Crippen LogP contribution is -2.45. The van der Waals surface area contributed by atoms with Gasteiger partial charge in [0.1, 0.15) is 0 Å². The molecule has 0 aromatic carbocycles. The van der Waals surface area contributed by atoms with E-state index in [4.69, 9.17) is 5.73 Å². The van der Waals surface area contributed by atoms with Crippen molar-refractivity contribution in [1.29, 1.82) is 0 Å². The van der Waals surface area contributed by atoms with Crippen molar-refractivity contribution in [2.45, 2.75) is 58.0 Å². The topological polar surface area (TPSA) is 58.4 Å². The molecule has 4 heteroatoms. The maximum absolute atomic E-state index is 12.2. The molecular formula is C15H29N3O. The van der Waals surface area contributed by atoms with Gasteiger partial charge in [-0.2, -0.15) is 0 Å². The quantitative estimate of drug-likeness (QED) is 0.808. The molecule has 2 rings (SSSR count). The van der Waals surface area contributed by atoms with Gasteiger partial charge in [0.05, 0.1) is 0 Å². The minimum atomic E-state index is 0.141. The second kappa shape index (κ2) is 6.71. The van der Waals surface area contributed by atoms with Crippen LogP contribution in [0.5, 0.6) is 0 Å². The minimum absolute atomic E-state index is 0.141. The number of amides is 1. The number of nitrogens with two attached hydrogens (primary N) is 1. The highest BCUT2D eigenvalue weighted by molar-refractivity contribution is 5.78. The fourth-order valence-electron chi connectivity index (χ4n) is 3.50. The van der Waals surface area contributed by atoms with Crippen LogP contribution in [-0.2, 0) is 4.79 Å². The lowest BCUT2D eigenvalue weighted by atomic mass is 9.79. The Hall–Kier alpha value is -0.610. The molecule has 4 atom stereocenters. The van der Waals surface area contributed by atoms with Crippen LogP contribution in [0.3, 0.4) is 0 Å². The summed E-state index contributed by atoms with van der Waals surface area (Å²) in [6.45, 7) is 7.47. The maximum Gasteiger partial charge on any atom is 0.223 e. The number of carbonyl (C=O) groups excluding carboxylic acids is 1. The normalized spacial score (nSPS) is 36.4.